The van der Waals surface area contributed by atoms with Crippen LogP contribution in [0.5, 0.6) is 5.75 Å². The summed E-state index contributed by atoms with van der Waals surface area (Å²) in [5, 5.41) is 44.5. The molecule has 0 radical (unpaired) electrons. The lowest BCUT2D eigenvalue weighted by Gasteiger charge is -2.46. The Morgan fingerprint density at radius 1 is 1.14 bits per heavy atom. The van der Waals surface area contributed by atoms with Gasteiger partial charge in [-0.05, 0) is 67.6 Å². The number of phenolic OH excluding ortho intramolecular Hbond substituents is 1. The fourth-order valence-corrected chi connectivity index (χ4v) is 6.06. The van der Waals surface area contributed by atoms with Gasteiger partial charge in [-0.25, -0.2) is 0 Å². The van der Waals surface area contributed by atoms with E-state index >= 15 is 0 Å². The molecule has 0 saturated heterocycles. The van der Waals surface area contributed by atoms with Crippen molar-refractivity contribution in [2.75, 3.05) is 0 Å². The topological polar surface area (TPSA) is 175 Å². The number of hydrogen-bond acceptors (Lipinski definition) is 8. The predicted molar refractivity (Wildman–Crippen MR) is 134 cm³/mol. The first-order chi connectivity index (χ1) is 17.1. The van der Waals surface area contributed by atoms with Crippen molar-refractivity contribution in [3.05, 3.63) is 45.2 Å². The number of amides is 1. The third kappa shape index (κ3) is 4.15. The Kier molecular flexibility index (Phi) is 6.35. The number of benzene rings is 1. The number of aromatic hydroxyl groups is 1. The molecule has 0 aliphatic heterocycles. The number of aryl methyl sites for hydroxylation is 1. The summed E-state index contributed by atoms with van der Waals surface area (Å²) in [6.45, 7) is 7.67. The summed E-state index contributed by atoms with van der Waals surface area (Å²) in [5.74, 6) is -7.01. The minimum absolute atomic E-state index is 0.0222. The maximum absolute atomic E-state index is 13.6. The van der Waals surface area contributed by atoms with E-state index < -0.39 is 52.0 Å². The predicted octanol–water partition coefficient (Wildman–Crippen LogP) is 3.00. The number of hydrogen-bond donors (Lipinski definition) is 5. The van der Waals surface area contributed by atoms with Crippen LogP contribution in [0.4, 0.5) is 0 Å². The fraction of sp³-hybridized carbons (Fsp3) is 0.500. The van der Waals surface area contributed by atoms with Crippen LogP contribution in [0.15, 0.2) is 23.0 Å². The molecular formula is C28H33NO8. The second kappa shape index (κ2) is 8.83. The average Bonchev–Trinajstić information content (AvgIpc) is 2.76. The smallest absolute Gasteiger partial charge is 0.255 e. The lowest BCUT2D eigenvalue weighted by molar-refractivity contribution is -0.147. The first-order valence-corrected chi connectivity index (χ1v) is 12.5. The molecule has 9 heteroatoms. The molecule has 1 aromatic rings. The van der Waals surface area contributed by atoms with Crippen molar-refractivity contribution in [3.63, 3.8) is 0 Å². The number of Topliss-reactive ketones (excluding diaryl/α,β-unsaturated/α-hetero) is 3. The molecule has 4 rings (SSSR count). The van der Waals surface area contributed by atoms with E-state index in [2.05, 4.69) is 20.8 Å². The molecule has 3 aliphatic carbocycles. The van der Waals surface area contributed by atoms with Crippen molar-refractivity contribution in [1.29, 1.82) is 0 Å². The highest BCUT2D eigenvalue weighted by molar-refractivity contribution is 6.22. The van der Waals surface area contributed by atoms with Crippen LogP contribution in [-0.2, 0) is 27.2 Å². The first-order valence-electron chi connectivity index (χ1n) is 12.5. The van der Waals surface area contributed by atoms with Crippen LogP contribution < -0.4 is 5.73 Å². The lowest BCUT2D eigenvalue weighted by atomic mass is 9.59. The largest absolute Gasteiger partial charge is 0.508 e. The Hall–Kier alpha value is -3.46. The van der Waals surface area contributed by atoms with Crippen LogP contribution >= 0.6 is 0 Å². The highest BCUT2D eigenvalue weighted by Crippen LogP contribution is 2.52. The fourth-order valence-electron chi connectivity index (χ4n) is 6.06. The number of fused-ring (bicyclic) bond motifs is 3. The van der Waals surface area contributed by atoms with Crippen LogP contribution in [0.1, 0.15) is 80.4 Å². The van der Waals surface area contributed by atoms with Crippen LogP contribution in [0, 0.1) is 17.3 Å². The van der Waals surface area contributed by atoms with E-state index in [1.165, 1.54) is 6.92 Å². The highest BCUT2D eigenvalue weighted by Gasteiger charge is 2.60. The number of phenols is 1. The summed E-state index contributed by atoms with van der Waals surface area (Å²) in [4.78, 5) is 50.5. The molecule has 1 saturated carbocycles. The summed E-state index contributed by atoms with van der Waals surface area (Å²) < 4.78 is 0. The molecule has 0 heterocycles. The van der Waals surface area contributed by atoms with Gasteiger partial charge in [-0.1, -0.05) is 20.8 Å². The van der Waals surface area contributed by atoms with Crippen LogP contribution in [0.25, 0.3) is 5.76 Å². The molecule has 0 bridgehead atoms. The number of ketones is 3. The van der Waals surface area contributed by atoms with Gasteiger partial charge in [-0.15, -0.1) is 0 Å². The van der Waals surface area contributed by atoms with Crippen molar-refractivity contribution in [3.8, 4) is 5.75 Å². The average molecular weight is 512 g/mol. The minimum atomic E-state index is -2.61. The van der Waals surface area contributed by atoms with Gasteiger partial charge in [0.05, 0.1) is 5.56 Å². The Balaban J connectivity index is 1.87. The van der Waals surface area contributed by atoms with E-state index in [1.807, 2.05) is 0 Å². The second-order valence-electron chi connectivity index (χ2n) is 11.7. The maximum atomic E-state index is 13.6. The maximum Gasteiger partial charge on any atom is 0.255 e. The van der Waals surface area contributed by atoms with Gasteiger partial charge in [0.25, 0.3) is 5.91 Å². The number of nitrogens with two attached hydrogens (primary N) is 1. The molecule has 3 aliphatic rings. The normalized spacial score (nSPS) is 25.5. The zero-order valence-corrected chi connectivity index (χ0v) is 21.5. The highest BCUT2D eigenvalue weighted by atomic mass is 16.3. The minimum Gasteiger partial charge on any atom is -0.508 e. The van der Waals surface area contributed by atoms with Crippen molar-refractivity contribution < 1.29 is 39.6 Å². The van der Waals surface area contributed by atoms with Gasteiger partial charge in [0.2, 0.25) is 5.78 Å². The van der Waals surface area contributed by atoms with Crippen molar-refractivity contribution >= 4 is 29.0 Å². The van der Waals surface area contributed by atoms with Crippen molar-refractivity contribution in [2.24, 2.45) is 23.0 Å². The molecule has 3 atom stereocenters. The number of rotatable bonds is 5. The Bertz CT molecular complexity index is 1310. The molecule has 1 fully saturated rings. The zero-order valence-electron chi connectivity index (χ0n) is 21.5. The quantitative estimate of drug-likeness (QED) is 0.296. The lowest BCUT2D eigenvalue weighted by Crippen LogP contribution is -2.58. The Labute approximate surface area is 214 Å². The molecule has 1 aromatic carbocycles. The first kappa shape index (κ1) is 26.6. The van der Waals surface area contributed by atoms with E-state index in [0.29, 0.717) is 23.1 Å². The molecule has 6 N–H and O–H groups in total. The second-order valence-corrected chi connectivity index (χ2v) is 11.7. The van der Waals surface area contributed by atoms with E-state index in [1.54, 1.807) is 6.07 Å². The molecule has 0 spiro atoms. The standard InChI is InChI=1S/C28H33NO8/c1-12(30)16-9-13(6-5-7-27(2,3)4)22(32)20-17(16)10-14-8-15-11-18(31)21(26(29)36)25(35)28(15,37)24(34)19(14)23(20)33/h9,14-15,32-33,35,37H,5-8,10-11H2,1-4H3,(H2,29,36)/t14-,15+,28+/m1/s1. The molecule has 198 valence electrons. The van der Waals surface area contributed by atoms with Crippen LogP contribution in [0.2, 0.25) is 0 Å². The van der Waals surface area contributed by atoms with Gasteiger partial charge in [0.1, 0.15) is 22.8 Å². The van der Waals surface area contributed by atoms with Crippen LogP contribution in [-0.4, -0.2) is 49.3 Å². The van der Waals surface area contributed by atoms with Crippen LogP contribution in [0.3, 0.4) is 0 Å². The summed E-state index contributed by atoms with van der Waals surface area (Å²) in [5.41, 5.74) is 2.77. The van der Waals surface area contributed by atoms with Gasteiger partial charge < -0.3 is 26.2 Å². The monoisotopic (exact) mass is 511 g/mol. The van der Waals surface area contributed by atoms with E-state index in [0.717, 1.165) is 12.8 Å². The van der Waals surface area contributed by atoms with E-state index in [-0.39, 0.29) is 47.3 Å². The van der Waals surface area contributed by atoms with E-state index in [4.69, 9.17) is 5.73 Å². The Morgan fingerprint density at radius 3 is 2.35 bits per heavy atom. The van der Waals surface area contributed by atoms with Gasteiger partial charge in [0, 0.05) is 23.5 Å². The molecule has 37 heavy (non-hydrogen) atoms. The summed E-state index contributed by atoms with van der Waals surface area (Å²) in [7, 11) is 0. The van der Waals surface area contributed by atoms with Gasteiger partial charge in [0.15, 0.2) is 17.2 Å². The third-order valence-corrected chi connectivity index (χ3v) is 7.89. The number of aliphatic hydroxyl groups excluding tert-OH is 2. The number of aliphatic hydroxyl groups is 3. The SMILES string of the molecule is CC(=O)c1cc(CCCC(C)(C)C)c(O)c2c1C[C@H]1C[C@H]3CC(=O)C(C(N)=O)=C(O)[C@@]3(O)C(=O)C1=C2O. The molecule has 0 aromatic heterocycles. The number of primary amides is 1. The molecular weight excluding hydrogens is 478 g/mol. The van der Waals surface area contributed by atoms with Gasteiger partial charge in [-0.2, -0.15) is 0 Å². The Morgan fingerprint density at radius 2 is 1.78 bits per heavy atom. The summed E-state index contributed by atoms with van der Waals surface area (Å²) in [6, 6.07) is 1.64. The van der Waals surface area contributed by atoms with E-state index in [9.17, 15) is 39.6 Å². The number of carbonyl (C=O) groups excluding carboxylic acids is 4. The molecule has 1 amide bonds. The van der Waals surface area contributed by atoms with Crippen molar-refractivity contribution in [2.45, 2.75) is 71.8 Å². The van der Waals surface area contributed by atoms with Gasteiger partial charge in [-0.3, -0.25) is 19.2 Å². The zero-order chi connectivity index (χ0) is 27.6. The summed E-state index contributed by atoms with van der Waals surface area (Å²) in [6.07, 6.45) is 1.76. The third-order valence-electron chi connectivity index (χ3n) is 7.89. The molecule has 0 unspecified atom stereocenters. The van der Waals surface area contributed by atoms with Crippen molar-refractivity contribution in [1.82, 2.24) is 0 Å². The molecule has 9 nitrogen and oxygen atoms in total. The summed E-state index contributed by atoms with van der Waals surface area (Å²) >= 11 is 0. The van der Waals surface area contributed by atoms with Gasteiger partial charge >= 0.3 is 0 Å². The number of carbonyl (C=O) groups is 4.